The van der Waals surface area contributed by atoms with Crippen LogP contribution in [0.15, 0.2) is 46.8 Å². The van der Waals surface area contributed by atoms with E-state index in [2.05, 4.69) is 44.1 Å². The van der Waals surface area contributed by atoms with Gasteiger partial charge < -0.3 is 15.5 Å². The maximum Gasteiger partial charge on any atom is 0.253 e. The van der Waals surface area contributed by atoms with Gasteiger partial charge in [0.2, 0.25) is 0 Å². The second kappa shape index (κ2) is 13.8. The maximum absolute atomic E-state index is 12.1. The minimum absolute atomic E-state index is 0. The topological polar surface area (TPSA) is 60.0 Å². The summed E-state index contributed by atoms with van der Waals surface area (Å²) in [7, 11) is 5.37. The zero-order chi connectivity index (χ0) is 22.1. The van der Waals surface area contributed by atoms with Crippen molar-refractivity contribution in [2.24, 2.45) is 10.9 Å². The lowest BCUT2D eigenvalue weighted by Crippen LogP contribution is -2.43. The summed E-state index contributed by atoms with van der Waals surface area (Å²) < 4.78 is 0. The van der Waals surface area contributed by atoms with Crippen LogP contribution in [0.4, 0.5) is 0 Å². The third kappa shape index (κ3) is 8.37. The highest BCUT2D eigenvalue weighted by atomic mass is 127. The fourth-order valence-corrected chi connectivity index (χ4v) is 4.62. The van der Waals surface area contributed by atoms with Gasteiger partial charge in [-0.05, 0) is 67.4 Å². The molecule has 0 aliphatic carbocycles. The highest BCUT2D eigenvalue weighted by molar-refractivity contribution is 14.0. The van der Waals surface area contributed by atoms with Gasteiger partial charge in [-0.15, -0.1) is 35.3 Å². The molecule has 0 saturated carbocycles. The van der Waals surface area contributed by atoms with Crippen molar-refractivity contribution in [2.45, 2.75) is 25.8 Å². The lowest BCUT2D eigenvalue weighted by molar-refractivity contribution is 0.0827. The second-order valence-electron chi connectivity index (χ2n) is 8.33. The van der Waals surface area contributed by atoms with Gasteiger partial charge in [-0.25, -0.2) is 0 Å². The molecule has 1 saturated heterocycles. The molecule has 0 atom stereocenters. The lowest BCUT2D eigenvalue weighted by atomic mass is 9.97. The van der Waals surface area contributed by atoms with E-state index in [9.17, 15) is 4.79 Å². The molecule has 2 aromatic rings. The first-order chi connectivity index (χ1) is 15.0. The highest BCUT2D eigenvalue weighted by Gasteiger charge is 2.19. The van der Waals surface area contributed by atoms with Gasteiger partial charge in [0, 0.05) is 51.2 Å². The predicted molar refractivity (Wildman–Crippen MR) is 145 cm³/mol. The lowest BCUT2D eigenvalue weighted by Gasteiger charge is -2.32. The van der Waals surface area contributed by atoms with Gasteiger partial charge in [-0.3, -0.25) is 14.7 Å². The number of hydrogen-bond acceptors (Lipinski definition) is 4. The maximum atomic E-state index is 12.1. The average molecular weight is 570 g/mol. The van der Waals surface area contributed by atoms with Crippen molar-refractivity contribution in [3.63, 3.8) is 0 Å². The molecule has 0 unspecified atom stereocenters. The Bertz CT molecular complexity index is 848. The first-order valence-electron chi connectivity index (χ1n) is 11.0. The van der Waals surface area contributed by atoms with Crippen LogP contribution in [0.2, 0.25) is 0 Å². The van der Waals surface area contributed by atoms with Crippen molar-refractivity contribution in [3.8, 4) is 0 Å². The van der Waals surface area contributed by atoms with Crippen LogP contribution in [0.5, 0.6) is 0 Å². The van der Waals surface area contributed by atoms with E-state index in [-0.39, 0.29) is 29.9 Å². The Morgan fingerprint density at radius 2 is 1.97 bits per heavy atom. The van der Waals surface area contributed by atoms with Gasteiger partial charge in [0.25, 0.3) is 5.91 Å². The first-order valence-corrected chi connectivity index (χ1v) is 11.9. The fourth-order valence-electron chi connectivity index (χ4n) is 3.88. The van der Waals surface area contributed by atoms with Gasteiger partial charge in [0.15, 0.2) is 5.96 Å². The molecule has 1 amide bonds. The van der Waals surface area contributed by atoms with E-state index in [1.54, 1.807) is 19.0 Å². The Labute approximate surface area is 213 Å². The molecule has 176 valence electrons. The number of nitrogens with one attached hydrogen (secondary N) is 2. The summed E-state index contributed by atoms with van der Waals surface area (Å²) in [5, 5.41) is 9.05. The van der Waals surface area contributed by atoms with Gasteiger partial charge in [0.05, 0.1) is 0 Å². The number of nitrogens with zero attached hydrogens (tertiary/aromatic N) is 3. The molecule has 0 spiro atoms. The zero-order valence-corrected chi connectivity index (χ0v) is 22.5. The predicted octanol–water partition coefficient (Wildman–Crippen LogP) is 3.69. The summed E-state index contributed by atoms with van der Waals surface area (Å²) in [5.41, 5.74) is 1.88. The van der Waals surface area contributed by atoms with Crippen LogP contribution in [0.3, 0.4) is 0 Å². The molecule has 8 heteroatoms. The van der Waals surface area contributed by atoms with Crippen molar-refractivity contribution in [3.05, 3.63) is 57.8 Å². The number of rotatable bonds is 8. The molecule has 1 fully saturated rings. The van der Waals surface area contributed by atoms with Crippen molar-refractivity contribution >= 4 is 47.2 Å². The standard InChI is InChI=1S/C24H35N5OS.HI/c1-25-24(26-12-9-19-6-4-7-21(16-19)23(30)28(2)3)27-17-20-10-13-29(14-11-20)18-22-8-5-15-31-22;/h4-8,15-16,20H,9-14,17-18H2,1-3H3,(H2,25,26,27);1H. The number of guanidine groups is 1. The molecule has 3 rings (SSSR count). The Balaban J connectivity index is 0.00000363. The van der Waals surface area contributed by atoms with E-state index >= 15 is 0 Å². The van der Waals surface area contributed by atoms with Crippen molar-refractivity contribution < 1.29 is 4.79 Å². The summed E-state index contributed by atoms with van der Waals surface area (Å²) in [6, 6.07) is 12.2. The summed E-state index contributed by atoms with van der Waals surface area (Å²) in [4.78, 5) is 22.1. The highest BCUT2D eigenvalue weighted by Crippen LogP contribution is 2.20. The molecular formula is C24H36IN5OS. The number of likely N-dealkylation sites (tertiary alicyclic amines) is 1. The number of benzene rings is 1. The van der Waals surface area contributed by atoms with E-state index in [1.165, 1.54) is 17.7 Å². The number of piperidine rings is 1. The Hall–Kier alpha value is -1.65. The second-order valence-corrected chi connectivity index (χ2v) is 9.36. The van der Waals surface area contributed by atoms with Crippen LogP contribution >= 0.6 is 35.3 Å². The summed E-state index contributed by atoms with van der Waals surface area (Å²) in [6.07, 6.45) is 3.29. The van der Waals surface area contributed by atoms with E-state index in [0.717, 1.165) is 56.2 Å². The van der Waals surface area contributed by atoms with Crippen LogP contribution in [-0.2, 0) is 13.0 Å². The minimum Gasteiger partial charge on any atom is -0.356 e. The number of carbonyl (C=O) groups excluding carboxylic acids is 1. The van der Waals surface area contributed by atoms with E-state index in [4.69, 9.17) is 0 Å². The monoisotopic (exact) mass is 569 g/mol. The normalized spacial score (nSPS) is 15.2. The molecule has 1 aliphatic heterocycles. The van der Waals surface area contributed by atoms with E-state index in [1.807, 2.05) is 36.6 Å². The summed E-state index contributed by atoms with van der Waals surface area (Å²) in [5.74, 6) is 1.57. The Morgan fingerprint density at radius 3 is 2.62 bits per heavy atom. The number of hydrogen-bond donors (Lipinski definition) is 2. The van der Waals surface area contributed by atoms with Crippen molar-refractivity contribution in [2.75, 3.05) is 47.3 Å². The first kappa shape index (κ1) is 26.6. The molecule has 32 heavy (non-hydrogen) atoms. The number of thiophene rings is 1. The smallest absolute Gasteiger partial charge is 0.253 e. The third-order valence-corrected chi connectivity index (χ3v) is 6.60. The SMILES string of the molecule is CN=C(NCCc1cccc(C(=O)N(C)C)c1)NCC1CCN(Cc2cccs2)CC1.I. The molecule has 2 N–H and O–H groups in total. The molecule has 6 nitrogen and oxygen atoms in total. The third-order valence-electron chi connectivity index (χ3n) is 5.73. The molecule has 1 aromatic heterocycles. The van der Waals surface area contributed by atoms with Gasteiger partial charge >= 0.3 is 0 Å². The van der Waals surface area contributed by atoms with Crippen LogP contribution in [-0.4, -0.2) is 69.0 Å². The van der Waals surface area contributed by atoms with E-state index < -0.39 is 0 Å². The molecule has 1 aliphatic rings. The Kier molecular flexibility index (Phi) is 11.5. The van der Waals surface area contributed by atoms with Crippen LogP contribution in [0.25, 0.3) is 0 Å². The number of amides is 1. The quantitative estimate of drug-likeness (QED) is 0.290. The molecule has 0 bridgehead atoms. The largest absolute Gasteiger partial charge is 0.356 e. The number of carbonyl (C=O) groups is 1. The van der Waals surface area contributed by atoms with E-state index in [0.29, 0.717) is 5.92 Å². The van der Waals surface area contributed by atoms with Gasteiger partial charge in [0.1, 0.15) is 0 Å². The van der Waals surface area contributed by atoms with Crippen LogP contribution < -0.4 is 10.6 Å². The molecule has 2 heterocycles. The number of aliphatic imine (C=N–C) groups is 1. The van der Waals surface area contributed by atoms with Crippen molar-refractivity contribution in [1.29, 1.82) is 0 Å². The zero-order valence-electron chi connectivity index (χ0n) is 19.3. The minimum atomic E-state index is 0. The van der Waals surface area contributed by atoms with Gasteiger partial charge in [-0.1, -0.05) is 18.2 Å². The van der Waals surface area contributed by atoms with Crippen LogP contribution in [0.1, 0.15) is 33.6 Å². The molecule has 0 radical (unpaired) electrons. The Morgan fingerprint density at radius 1 is 1.19 bits per heavy atom. The summed E-state index contributed by atoms with van der Waals surface area (Å²) >= 11 is 1.85. The molecular weight excluding hydrogens is 533 g/mol. The fraction of sp³-hybridized carbons (Fsp3) is 0.500. The number of halogens is 1. The average Bonchev–Trinajstić information content (AvgIpc) is 3.29. The van der Waals surface area contributed by atoms with Crippen LogP contribution in [0, 0.1) is 5.92 Å². The summed E-state index contributed by atoms with van der Waals surface area (Å²) in [6.45, 7) is 5.15. The molecule has 1 aromatic carbocycles. The van der Waals surface area contributed by atoms with Crippen molar-refractivity contribution in [1.82, 2.24) is 20.4 Å². The van der Waals surface area contributed by atoms with Gasteiger partial charge in [-0.2, -0.15) is 0 Å².